The lowest BCUT2D eigenvalue weighted by atomic mass is 10.0. The van der Waals surface area contributed by atoms with Crippen molar-refractivity contribution < 1.29 is 9.21 Å². The van der Waals surface area contributed by atoms with Crippen LogP contribution < -0.4 is 4.90 Å². The van der Waals surface area contributed by atoms with Gasteiger partial charge in [0.05, 0.1) is 0 Å². The van der Waals surface area contributed by atoms with E-state index in [-0.39, 0.29) is 5.91 Å². The Hall–Kier alpha value is -2.88. The van der Waals surface area contributed by atoms with Gasteiger partial charge in [-0.25, -0.2) is 4.98 Å². The van der Waals surface area contributed by atoms with Crippen LogP contribution in [0.15, 0.2) is 65.4 Å². The summed E-state index contributed by atoms with van der Waals surface area (Å²) in [7, 11) is 0. The number of hydrogen-bond acceptors (Lipinski definition) is 3. The maximum Gasteiger partial charge on any atom is 0.280 e. The fraction of sp³-hybridized carbons (Fsp3) is 0.158. The van der Waals surface area contributed by atoms with Gasteiger partial charge in [0, 0.05) is 17.8 Å². The number of rotatable bonds is 2. The quantitative estimate of drug-likeness (QED) is 0.720. The molecule has 23 heavy (non-hydrogen) atoms. The monoisotopic (exact) mass is 304 g/mol. The maximum absolute atomic E-state index is 13.0. The average Bonchev–Trinajstić information content (AvgIpc) is 3.11. The molecule has 2 heterocycles. The molecule has 0 spiro atoms. The fourth-order valence-electron chi connectivity index (χ4n) is 3.07. The summed E-state index contributed by atoms with van der Waals surface area (Å²) in [5, 5.41) is 0. The van der Waals surface area contributed by atoms with Gasteiger partial charge in [0.2, 0.25) is 0 Å². The zero-order chi connectivity index (χ0) is 15.6. The van der Waals surface area contributed by atoms with Gasteiger partial charge in [0.15, 0.2) is 17.8 Å². The van der Waals surface area contributed by atoms with Crippen molar-refractivity contribution in [3.8, 4) is 11.3 Å². The number of carbonyl (C=O) groups excluding carboxylic acids is 1. The van der Waals surface area contributed by atoms with Crippen molar-refractivity contribution in [2.24, 2.45) is 0 Å². The zero-order valence-corrected chi connectivity index (χ0v) is 12.6. The lowest BCUT2D eigenvalue weighted by Gasteiger charge is -2.29. The highest BCUT2D eigenvalue weighted by Crippen LogP contribution is 2.30. The van der Waals surface area contributed by atoms with Gasteiger partial charge in [-0.1, -0.05) is 48.5 Å². The predicted octanol–water partition coefficient (Wildman–Crippen LogP) is 3.93. The largest absolute Gasteiger partial charge is 0.443 e. The molecule has 114 valence electrons. The van der Waals surface area contributed by atoms with E-state index in [0.717, 1.165) is 24.1 Å². The second kappa shape index (κ2) is 5.72. The van der Waals surface area contributed by atoms with Crippen LogP contribution in [0.5, 0.6) is 0 Å². The van der Waals surface area contributed by atoms with Crippen molar-refractivity contribution in [3.63, 3.8) is 0 Å². The molecular weight excluding hydrogens is 288 g/mol. The van der Waals surface area contributed by atoms with E-state index in [0.29, 0.717) is 18.0 Å². The summed E-state index contributed by atoms with van der Waals surface area (Å²) in [5.41, 5.74) is 3.41. The highest BCUT2D eigenvalue weighted by Gasteiger charge is 2.27. The molecule has 0 saturated heterocycles. The number of carbonyl (C=O) groups is 1. The van der Waals surface area contributed by atoms with E-state index in [1.165, 1.54) is 12.0 Å². The third-order valence-electron chi connectivity index (χ3n) is 4.16. The summed E-state index contributed by atoms with van der Waals surface area (Å²) >= 11 is 0. The Morgan fingerprint density at radius 2 is 1.83 bits per heavy atom. The first-order chi connectivity index (χ1) is 11.3. The molecule has 0 N–H and O–H groups in total. The topological polar surface area (TPSA) is 46.3 Å². The van der Waals surface area contributed by atoms with Gasteiger partial charge in [-0.2, -0.15) is 0 Å². The number of aromatic nitrogens is 1. The van der Waals surface area contributed by atoms with Crippen LogP contribution in [0.25, 0.3) is 11.3 Å². The molecule has 3 aromatic rings. The number of benzene rings is 2. The minimum atomic E-state index is -0.107. The number of fused-ring (bicyclic) bond motifs is 1. The third-order valence-corrected chi connectivity index (χ3v) is 4.16. The Bertz CT molecular complexity index is 839. The normalized spacial score (nSPS) is 13.7. The highest BCUT2D eigenvalue weighted by molar-refractivity contribution is 6.08. The van der Waals surface area contributed by atoms with Crippen molar-refractivity contribution in [2.45, 2.75) is 12.8 Å². The van der Waals surface area contributed by atoms with Gasteiger partial charge in [0.25, 0.3) is 5.91 Å². The first-order valence-corrected chi connectivity index (χ1v) is 7.73. The van der Waals surface area contributed by atoms with Crippen molar-refractivity contribution in [1.29, 1.82) is 0 Å². The Morgan fingerprint density at radius 1 is 1.04 bits per heavy atom. The summed E-state index contributed by atoms with van der Waals surface area (Å²) < 4.78 is 5.49. The van der Waals surface area contributed by atoms with Crippen LogP contribution in [0.3, 0.4) is 0 Å². The van der Waals surface area contributed by atoms with Gasteiger partial charge in [-0.15, -0.1) is 0 Å². The van der Waals surface area contributed by atoms with E-state index in [1.807, 2.05) is 53.4 Å². The summed E-state index contributed by atoms with van der Waals surface area (Å²) in [6.45, 7) is 0.705. The van der Waals surface area contributed by atoms with Crippen LogP contribution in [0.1, 0.15) is 22.5 Å². The first kappa shape index (κ1) is 13.8. The van der Waals surface area contributed by atoms with E-state index in [1.54, 1.807) is 0 Å². The van der Waals surface area contributed by atoms with Crippen LogP contribution in [0, 0.1) is 0 Å². The molecule has 1 aliphatic rings. The lowest BCUT2D eigenvalue weighted by molar-refractivity contribution is 0.0981. The molecule has 1 aromatic heterocycles. The standard InChI is InChI=1S/C19H16N2O2/c22-19(21-12-6-10-14-7-4-5-11-16(14)21)17-18(23-13-20-17)15-8-2-1-3-9-15/h1-5,7-9,11,13H,6,10,12H2. The Labute approximate surface area is 134 Å². The second-order valence-electron chi connectivity index (χ2n) is 5.59. The van der Waals surface area contributed by atoms with Crippen LogP contribution in [0.4, 0.5) is 5.69 Å². The Morgan fingerprint density at radius 3 is 2.70 bits per heavy atom. The number of aryl methyl sites for hydroxylation is 1. The first-order valence-electron chi connectivity index (χ1n) is 7.73. The number of anilines is 1. The van der Waals surface area contributed by atoms with Crippen molar-refractivity contribution in [1.82, 2.24) is 4.98 Å². The molecule has 0 saturated carbocycles. The van der Waals surface area contributed by atoms with E-state index >= 15 is 0 Å². The van der Waals surface area contributed by atoms with Crippen LogP contribution in [-0.4, -0.2) is 17.4 Å². The number of nitrogens with zero attached hydrogens (tertiary/aromatic N) is 2. The zero-order valence-electron chi connectivity index (χ0n) is 12.6. The SMILES string of the molecule is O=C(c1ncoc1-c1ccccc1)N1CCCc2ccccc21. The minimum absolute atomic E-state index is 0.107. The number of para-hydroxylation sites is 1. The van der Waals surface area contributed by atoms with Gasteiger partial charge in [0.1, 0.15) is 0 Å². The minimum Gasteiger partial charge on any atom is -0.443 e. The molecule has 4 nitrogen and oxygen atoms in total. The molecule has 1 amide bonds. The Balaban J connectivity index is 1.74. The van der Waals surface area contributed by atoms with E-state index in [2.05, 4.69) is 11.1 Å². The lowest BCUT2D eigenvalue weighted by Crippen LogP contribution is -2.35. The van der Waals surface area contributed by atoms with Crippen molar-refractivity contribution in [3.05, 3.63) is 72.2 Å². The molecule has 0 fully saturated rings. The van der Waals surface area contributed by atoms with Gasteiger partial charge < -0.3 is 9.32 Å². The average molecular weight is 304 g/mol. The molecule has 0 unspecified atom stereocenters. The molecule has 4 rings (SSSR count). The molecule has 0 bridgehead atoms. The van der Waals surface area contributed by atoms with Gasteiger partial charge in [-0.3, -0.25) is 4.79 Å². The smallest absolute Gasteiger partial charge is 0.280 e. The molecule has 0 aliphatic carbocycles. The number of amides is 1. The fourth-order valence-corrected chi connectivity index (χ4v) is 3.07. The maximum atomic E-state index is 13.0. The number of oxazole rings is 1. The van der Waals surface area contributed by atoms with Crippen LogP contribution in [-0.2, 0) is 6.42 Å². The molecular formula is C19H16N2O2. The third kappa shape index (κ3) is 2.42. The second-order valence-corrected chi connectivity index (χ2v) is 5.59. The Kier molecular flexibility index (Phi) is 3.42. The summed E-state index contributed by atoms with van der Waals surface area (Å²) in [6, 6.07) is 17.7. The molecule has 2 aromatic carbocycles. The highest BCUT2D eigenvalue weighted by atomic mass is 16.3. The van der Waals surface area contributed by atoms with Gasteiger partial charge in [-0.05, 0) is 24.5 Å². The molecule has 4 heteroatoms. The molecule has 1 aliphatic heterocycles. The molecule has 0 radical (unpaired) electrons. The van der Waals surface area contributed by atoms with E-state index in [9.17, 15) is 4.79 Å². The van der Waals surface area contributed by atoms with Crippen molar-refractivity contribution >= 4 is 11.6 Å². The van der Waals surface area contributed by atoms with Crippen molar-refractivity contribution in [2.75, 3.05) is 11.4 Å². The van der Waals surface area contributed by atoms with E-state index in [4.69, 9.17) is 4.42 Å². The van der Waals surface area contributed by atoms with E-state index < -0.39 is 0 Å². The van der Waals surface area contributed by atoms with Crippen LogP contribution >= 0.6 is 0 Å². The molecule has 0 atom stereocenters. The van der Waals surface area contributed by atoms with Crippen LogP contribution in [0.2, 0.25) is 0 Å². The van der Waals surface area contributed by atoms with Gasteiger partial charge >= 0.3 is 0 Å². The summed E-state index contributed by atoms with van der Waals surface area (Å²) in [4.78, 5) is 19.0. The predicted molar refractivity (Wildman–Crippen MR) is 88.4 cm³/mol. The summed E-state index contributed by atoms with van der Waals surface area (Å²) in [5.74, 6) is 0.420. The number of hydrogen-bond donors (Lipinski definition) is 0. The summed E-state index contributed by atoms with van der Waals surface area (Å²) in [6.07, 6.45) is 3.30.